The first-order valence-electron chi connectivity index (χ1n) is 10.5. The number of non-ortho nitro benzene ring substituents is 1. The van der Waals surface area contributed by atoms with Crippen molar-refractivity contribution < 1.29 is 4.92 Å². The molecular weight excluding hydrogens is 386 g/mol. The first-order valence-corrected chi connectivity index (χ1v) is 10.5. The van der Waals surface area contributed by atoms with Gasteiger partial charge in [0.1, 0.15) is 0 Å². The minimum absolute atomic E-state index is 0.0814. The average molecular weight is 409 g/mol. The van der Waals surface area contributed by atoms with Crippen LogP contribution in [0.4, 0.5) is 17.1 Å². The Bertz CT molecular complexity index is 1180. The van der Waals surface area contributed by atoms with Crippen molar-refractivity contribution in [1.29, 1.82) is 0 Å². The van der Waals surface area contributed by atoms with E-state index in [-0.39, 0.29) is 11.7 Å². The van der Waals surface area contributed by atoms with Crippen LogP contribution in [-0.4, -0.2) is 11.1 Å². The van der Waals surface area contributed by atoms with Crippen LogP contribution in [0.25, 0.3) is 0 Å². The molecular formula is C26H23N3O2. The molecule has 0 radical (unpaired) electrons. The van der Waals surface area contributed by atoms with Crippen molar-refractivity contribution in [2.75, 3.05) is 5.32 Å². The molecule has 0 fully saturated rings. The SMILES string of the molecule is Cc1ccc2c(c1)[C@H]1C=CC[C@H]1[C@H](c1ccc(N=Cc3ccc([N+](=O)[O-])cc3)cc1)N2. The molecule has 1 N–H and O–H groups in total. The summed E-state index contributed by atoms with van der Waals surface area (Å²) in [7, 11) is 0. The van der Waals surface area contributed by atoms with Crippen LogP contribution in [0, 0.1) is 23.0 Å². The van der Waals surface area contributed by atoms with Gasteiger partial charge in [0.2, 0.25) is 0 Å². The van der Waals surface area contributed by atoms with Crippen LogP contribution in [0.5, 0.6) is 0 Å². The molecule has 31 heavy (non-hydrogen) atoms. The number of aliphatic imine (C=N–C) groups is 1. The van der Waals surface area contributed by atoms with Crippen molar-refractivity contribution in [3.8, 4) is 0 Å². The predicted molar refractivity (Wildman–Crippen MR) is 124 cm³/mol. The van der Waals surface area contributed by atoms with Gasteiger partial charge in [0.05, 0.1) is 16.7 Å². The highest BCUT2D eigenvalue weighted by molar-refractivity contribution is 5.82. The number of anilines is 1. The molecule has 2 aliphatic rings. The number of nitro groups is 1. The number of nitrogens with one attached hydrogen (secondary N) is 1. The van der Waals surface area contributed by atoms with Gasteiger partial charge < -0.3 is 5.32 Å². The Hall–Kier alpha value is -3.73. The van der Waals surface area contributed by atoms with E-state index in [4.69, 9.17) is 0 Å². The molecule has 1 heterocycles. The Morgan fingerprint density at radius 1 is 1.06 bits per heavy atom. The highest BCUT2D eigenvalue weighted by Gasteiger charge is 2.37. The molecule has 1 aliphatic carbocycles. The second kappa shape index (κ2) is 7.84. The number of benzene rings is 3. The van der Waals surface area contributed by atoms with Crippen LogP contribution in [0.2, 0.25) is 0 Å². The standard InChI is InChI=1S/C26H23N3O2/c1-17-5-14-25-24(15-17)22-3-2-4-23(22)26(28-25)19-8-10-20(11-9-19)27-16-18-6-12-21(13-7-18)29(30)31/h2-3,5-16,22-23,26,28H,4H2,1H3/t22-,23+,26-/m0/s1. The zero-order chi connectivity index (χ0) is 21.4. The molecule has 3 aromatic rings. The maximum absolute atomic E-state index is 10.8. The number of nitro benzene ring substituents is 1. The molecule has 0 bridgehead atoms. The Morgan fingerprint density at radius 3 is 2.58 bits per heavy atom. The summed E-state index contributed by atoms with van der Waals surface area (Å²) < 4.78 is 0. The van der Waals surface area contributed by atoms with E-state index in [1.165, 1.54) is 34.5 Å². The van der Waals surface area contributed by atoms with Crippen LogP contribution in [-0.2, 0) is 0 Å². The minimum atomic E-state index is -0.400. The van der Waals surface area contributed by atoms with E-state index in [0.29, 0.717) is 11.8 Å². The molecule has 0 aromatic heterocycles. The third-order valence-corrected chi connectivity index (χ3v) is 6.24. The van der Waals surface area contributed by atoms with Crippen LogP contribution in [0.1, 0.15) is 40.6 Å². The van der Waals surface area contributed by atoms with Crippen molar-refractivity contribution in [2.24, 2.45) is 10.9 Å². The normalized spacial score (nSPS) is 21.5. The molecule has 3 aromatic carbocycles. The van der Waals surface area contributed by atoms with E-state index in [1.54, 1.807) is 18.3 Å². The van der Waals surface area contributed by atoms with E-state index >= 15 is 0 Å². The first-order chi connectivity index (χ1) is 15.1. The van der Waals surface area contributed by atoms with Crippen LogP contribution >= 0.6 is 0 Å². The van der Waals surface area contributed by atoms with E-state index in [9.17, 15) is 10.1 Å². The molecule has 3 atom stereocenters. The lowest BCUT2D eigenvalue weighted by Crippen LogP contribution is -2.29. The third kappa shape index (κ3) is 3.75. The molecule has 5 nitrogen and oxygen atoms in total. The maximum atomic E-state index is 10.8. The summed E-state index contributed by atoms with van der Waals surface area (Å²) in [5.74, 6) is 0.977. The summed E-state index contributed by atoms with van der Waals surface area (Å²) in [6.07, 6.45) is 7.48. The summed E-state index contributed by atoms with van der Waals surface area (Å²) in [4.78, 5) is 14.9. The van der Waals surface area contributed by atoms with E-state index in [2.05, 4.69) is 59.7 Å². The lowest BCUT2D eigenvalue weighted by Gasteiger charge is -2.37. The quantitative estimate of drug-likeness (QED) is 0.232. The van der Waals surface area contributed by atoms with Gasteiger partial charge >= 0.3 is 0 Å². The summed E-state index contributed by atoms with van der Waals surface area (Å²) >= 11 is 0. The second-order valence-corrected chi connectivity index (χ2v) is 8.26. The van der Waals surface area contributed by atoms with Gasteiger partial charge in [-0.15, -0.1) is 0 Å². The zero-order valence-corrected chi connectivity index (χ0v) is 17.2. The van der Waals surface area contributed by atoms with E-state index in [0.717, 1.165) is 17.7 Å². The fraction of sp³-hybridized carbons (Fsp3) is 0.192. The number of hydrogen-bond donors (Lipinski definition) is 1. The Kier molecular flexibility index (Phi) is 4.86. The van der Waals surface area contributed by atoms with Gasteiger partial charge in [0.15, 0.2) is 0 Å². The van der Waals surface area contributed by atoms with Gasteiger partial charge in [-0.05, 0) is 66.3 Å². The van der Waals surface area contributed by atoms with Crippen molar-refractivity contribution in [3.63, 3.8) is 0 Å². The molecule has 154 valence electrons. The second-order valence-electron chi connectivity index (χ2n) is 8.26. The fourth-order valence-electron chi connectivity index (χ4n) is 4.64. The number of fused-ring (bicyclic) bond motifs is 3. The van der Waals surface area contributed by atoms with Crippen molar-refractivity contribution in [2.45, 2.75) is 25.3 Å². The van der Waals surface area contributed by atoms with E-state index in [1.807, 2.05) is 12.1 Å². The largest absolute Gasteiger partial charge is 0.378 e. The average Bonchev–Trinajstić information content (AvgIpc) is 3.28. The molecule has 5 rings (SSSR count). The molecule has 5 heteroatoms. The van der Waals surface area contributed by atoms with Gasteiger partial charge in [-0.25, -0.2) is 0 Å². The number of hydrogen-bond acceptors (Lipinski definition) is 4. The molecule has 0 saturated heterocycles. The van der Waals surface area contributed by atoms with Gasteiger partial charge in [0.25, 0.3) is 5.69 Å². The number of aryl methyl sites for hydroxylation is 1. The highest BCUT2D eigenvalue weighted by atomic mass is 16.6. The van der Waals surface area contributed by atoms with E-state index < -0.39 is 4.92 Å². The summed E-state index contributed by atoms with van der Waals surface area (Å²) in [6.45, 7) is 2.15. The number of nitrogens with zero attached hydrogens (tertiary/aromatic N) is 2. The third-order valence-electron chi connectivity index (χ3n) is 6.24. The van der Waals surface area contributed by atoms with Gasteiger partial charge in [-0.3, -0.25) is 15.1 Å². The fourth-order valence-corrected chi connectivity index (χ4v) is 4.64. The van der Waals surface area contributed by atoms with Crippen LogP contribution < -0.4 is 5.32 Å². The van der Waals surface area contributed by atoms with Gasteiger partial charge in [-0.2, -0.15) is 0 Å². The molecule has 0 saturated carbocycles. The number of rotatable bonds is 4. The predicted octanol–water partition coefficient (Wildman–Crippen LogP) is 6.48. The maximum Gasteiger partial charge on any atom is 0.269 e. The highest BCUT2D eigenvalue weighted by Crippen LogP contribution is 2.50. The Morgan fingerprint density at radius 2 is 1.84 bits per heavy atom. The minimum Gasteiger partial charge on any atom is -0.378 e. The smallest absolute Gasteiger partial charge is 0.269 e. The summed E-state index contributed by atoms with van der Waals surface area (Å²) in [5.41, 5.74) is 6.96. The lowest BCUT2D eigenvalue weighted by molar-refractivity contribution is -0.384. The van der Waals surface area contributed by atoms with Crippen molar-refractivity contribution >= 4 is 23.3 Å². The van der Waals surface area contributed by atoms with Crippen molar-refractivity contribution in [1.82, 2.24) is 0 Å². The molecule has 0 amide bonds. The Balaban J connectivity index is 1.35. The molecule has 1 aliphatic heterocycles. The van der Waals surface area contributed by atoms with Crippen molar-refractivity contribution in [3.05, 3.63) is 111 Å². The monoisotopic (exact) mass is 409 g/mol. The van der Waals surface area contributed by atoms with Crippen LogP contribution in [0.15, 0.2) is 83.9 Å². The first kappa shape index (κ1) is 19.2. The number of allylic oxidation sites excluding steroid dienone is 2. The molecule has 0 unspecified atom stereocenters. The topological polar surface area (TPSA) is 67.5 Å². The zero-order valence-electron chi connectivity index (χ0n) is 17.2. The van der Waals surface area contributed by atoms with Gasteiger partial charge in [0, 0.05) is 30.0 Å². The van der Waals surface area contributed by atoms with Crippen LogP contribution in [0.3, 0.4) is 0 Å². The lowest BCUT2D eigenvalue weighted by atomic mass is 9.76. The Labute approximate surface area is 181 Å². The van der Waals surface area contributed by atoms with Gasteiger partial charge in [-0.1, -0.05) is 42.0 Å². The molecule has 0 spiro atoms. The summed E-state index contributed by atoms with van der Waals surface area (Å²) in [6, 6.07) is 21.7. The summed E-state index contributed by atoms with van der Waals surface area (Å²) in [5, 5.41) is 14.5.